The second-order valence-corrected chi connectivity index (χ2v) is 7.44. The molecule has 0 aromatic rings. The van der Waals surface area contributed by atoms with Crippen LogP contribution in [0.1, 0.15) is 33.1 Å². The van der Waals surface area contributed by atoms with Gasteiger partial charge in [-0.15, -0.1) is 0 Å². The van der Waals surface area contributed by atoms with E-state index in [-0.39, 0.29) is 12.5 Å². The minimum Gasteiger partial charge on any atom is -0.394 e. The number of rotatable bonds is 7. The summed E-state index contributed by atoms with van der Waals surface area (Å²) < 4.78 is 37.1. The fourth-order valence-corrected chi connectivity index (χ4v) is 3.70. The second-order valence-electron chi connectivity index (χ2n) is 6.22. The average Bonchev–Trinajstić information content (AvgIpc) is 2.43. The molecule has 22 heavy (non-hydrogen) atoms. The zero-order valence-electron chi connectivity index (χ0n) is 13.0. The highest BCUT2D eigenvalue weighted by Gasteiger charge is 2.36. The van der Waals surface area contributed by atoms with Gasteiger partial charge in [-0.3, -0.25) is 10.1 Å². The molecule has 1 saturated heterocycles. The lowest BCUT2D eigenvalue weighted by atomic mass is 9.92. The van der Waals surface area contributed by atoms with Gasteiger partial charge >= 0.3 is 6.18 Å². The molecule has 4 nitrogen and oxygen atoms in total. The molecule has 0 aromatic carbocycles. The van der Waals surface area contributed by atoms with E-state index in [0.29, 0.717) is 19.3 Å². The van der Waals surface area contributed by atoms with Crippen LogP contribution in [0.4, 0.5) is 13.2 Å². The molecule has 3 N–H and O–H groups in total. The van der Waals surface area contributed by atoms with E-state index in [0.717, 1.165) is 11.5 Å². The van der Waals surface area contributed by atoms with Crippen LogP contribution in [0.25, 0.3) is 0 Å². The van der Waals surface area contributed by atoms with Crippen LogP contribution in [-0.4, -0.2) is 53.4 Å². The van der Waals surface area contributed by atoms with E-state index < -0.39 is 30.2 Å². The Morgan fingerprint density at radius 3 is 2.36 bits per heavy atom. The Balaban J connectivity index is 2.68. The smallest absolute Gasteiger partial charge is 0.394 e. The van der Waals surface area contributed by atoms with Crippen molar-refractivity contribution in [2.75, 3.05) is 24.7 Å². The summed E-state index contributed by atoms with van der Waals surface area (Å²) in [4.78, 5) is 12.4. The first kappa shape index (κ1) is 19.6. The van der Waals surface area contributed by atoms with Crippen LogP contribution >= 0.6 is 11.8 Å². The van der Waals surface area contributed by atoms with Gasteiger partial charge in [0.05, 0.1) is 24.7 Å². The molecule has 0 saturated carbocycles. The lowest BCUT2D eigenvalue weighted by Crippen LogP contribution is -2.58. The third-order valence-corrected chi connectivity index (χ3v) is 4.70. The van der Waals surface area contributed by atoms with Crippen LogP contribution in [-0.2, 0) is 4.79 Å². The fourth-order valence-electron chi connectivity index (χ4n) is 2.43. The second kappa shape index (κ2) is 8.40. The Morgan fingerprint density at radius 1 is 1.32 bits per heavy atom. The van der Waals surface area contributed by atoms with Crippen molar-refractivity contribution in [3.05, 3.63) is 0 Å². The molecule has 1 atom stereocenters. The molecule has 8 heteroatoms. The summed E-state index contributed by atoms with van der Waals surface area (Å²) in [6, 6.07) is -0.903. The first-order valence-corrected chi connectivity index (χ1v) is 8.64. The lowest BCUT2D eigenvalue weighted by molar-refractivity contribution is -0.134. The quantitative estimate of drug-likeness (QED) is 0.662. The van der Waals surface area contributed by atoms with E-state index in [1.54, 1.807) is 11.8 Å². The van der Waals surface area contributed by atoms with Gasteiger partial charge < -0.3 is 10.4 Å². The Morgan fingerprint density at radius 2 is 1.91 bits per heavy atom. The molecule has 0 bridgehead atoms. The Hall–Kier alpha value is -0.470. The first-order valence-electron chi connectivity index (χ1n) is 7.48. The van der Waals surface area contributed by atoms with E-state index in [1.165, 1.54) is 0 Å². The Labute approximate surface area is 133 Å². The topological polar surface area (TPSA) is 61.4 Å². The normalized spacial score (nSPS) is 20.0. The summed E-state index contributed by atoms with van der Waals surface area (Å²) in [6.45, 7) is 2.33. The van der Waals surface area contributed by atoms with Crippen molar-refractivity contribution in [3.63, 3.8) is 0 Å². The molecule has 1 aliphatic heterocycles. The Bertz CT molecular complexity index is 358. The maximum atomic E-state index is 12.4. The van der Waals surface area contributed by atoms with Crippen LogP contribution < -0.4 is 10.6 Å². The number of alkyl halides is 3. The number of aliphatic hydroxyl groups excluding tert-OH is 1. The van der Waals surface area contributed by atoms with Gasteiger partial charge in [0.2, 0.25) is 5.91 Å². The van der Waals surface area contributed by atoms with Crippen LogP contribution in [0.2, 0.25) is 0 Å². The van der Waals surface area contributed by atoms with E-state index in [2.05, 4.69) is 10.6 Å². The van der Waals surface area contributed by atoms with Gasteiger partial charge in [0.15, 0.2) is 0 Å². The molecule has 1 rings (SSSR count). The third kappa shape index (κ3) is 6.75. The van der Waals surface area contributed by atoms with Crippen LogP contribution in [0.3, 0.4) is 0 Å². The summed E-state index contributed by atoms with van der Waals surface area (Å²) in [7, 11) is 0. The largest absolute Gasteiger partial charge is 0.401 e. The highest BCUT2D eigenvalue weighted by Crippen LogP contribution is 2.27. The average molecular weight is 342 g/mol. The third-order valence-electron chi connectivity index (χ3n) is 3.71. The summed E-state index contributed by atoms with van der Waals surface area (Å²) >= 11 is 1.75. The summed E-state index contributed by atoms with van der Waals surface area (Å²) in [5, 5.41) is 14.7. The zero-order chi connectivity index (χ0) is 16.8. The highest BCUT2D eigenvalue weighted by molar-refractivity contribution is 7.99. The van der Waals surface area contributed by atoms with E-state index in [1.807, 2.05) is 13.8 Å². The molecular weight excluding hydrogens is 317 g/mol. The molecule has 0 aliphatic carbocycles. The maximum Gasteiger partial charge on any atom is 0.401 e. The molecule has 1 aliphatic rings. The van der Waals surface area contributed by atoms with Gasteiger partial charge in [-0.25, -0.2) is 0 Å². The van der Waals surface area contributed by atoms with Gasteiger partial charge in [-0.05, 0) is 36.7 Å². The van der Waals surface area contributed by atoms with Crippen molar-refractivity contribution >= 4 is 17.7 Å². The summed E-state index contributed by atoms with van der Waals surface area (Å²) in [5.41, 5.74) is -0.697. The minimum absolute atomic E-state index is 0.0865. The molecule has 1 fully saturated rings. The van der Waals surface area contributed by atoms with Gasteiger partial charge in [-0.2, -0.15) is 24.9 Å². The number of hydrogen-bond acceptors (Lipinski definition) is 4. The fraction of sp³-hybridized carbons (Fsp3) is 0.929. The summed E-state index contributed by atoms with van der Waals surface area (Å²) in [5.74, 6) is 1.28. The number of carbonyl (C=O) groups is 1. The van der Waals surface area contributed by atoms with Crippen molar-refractivity contribution in [2.24, 2.45) is 5.92 Å². The van der Waals surface area contributed by atoms with Gasteiger partial charge in [0.25, 0.3) is 0 Å². The van der Waals surface area contributed by atoms with Crippen molar-refractivity contribution < 1.29 is 23.1 Å². The monoisotopic (exact) mass is 342 g/mol. The minimum atomic E-state index is -4.36. The van der Waals surface area contributed by atoms with E-state index in [9.17, 15) is 23.1 Å². The highest BCUT2D eigenvalue weighted by atomic mass is 32.2. The number of carbonyl (C=O) groups excluding carboxylic acids is 1. The lowest BCUT2D eigenvalue weighted by Gasteiger charge is -2.37. The molecule has 0 aromatic heterocycles. The van der Waals surface area contributed by atoms with Crippen molar-refractivity contribution in [1.29, 1.82) is 0 Å². The first-order chi connectivity index (χ1) is 10.2. The number of hydrogen-bond donors (Lipinski definition) is 3. The molecule has 0 radical (unpaired) electrons. The van der Waals surface area contributed by atoms with E-state index in [4.69, 9.17) is 0 Å². The number of thioether (sulfide) groups is 1. The predicted octanol–water partition coefficient (Wildman–Crippen LogP) is 1.93. The molecule has 0 unspecified atom stereocenters. The number of aliphatic hydroxyl groups is 1. The van der Waals surface area contributed by atoms with Crippen molar-refractivity contribution in [1.82, 2.24) is 10.6 Å². The SMILES string of the molecule is CC(C)C[C@H](NCC(F)(F)F)C(=O)NC1(CO)CCSCC1. The number of nitrogens with one attached hydrogen (secondary N) is 2. The molecule has 0 spiro atoms. The van der Waals surface area contributed by atoms with Gasteiger partial charge in [0.1, 0.15) is 0 Å². The Kier molecular flexibility index (Phi) is 7.48. The van der Waals surface area contributed by atoms with Crippen LogP contribution in [0.15, 0.2) is 0 Å². The molecule has 130 valence electrons. The standard InChI is InChI=1S/C14H25F3N2O2S/c1-10(2)7-11(18-8-14(15,16)17)12(21)19-13(9-20)3-5-22-6-4-13/h10-11,18,20H,3-9H2,1-2H3,(H,19,21)/t11-/m0/s1. The van der Waals surface area contributed by atoms with Crippen LogP contribution in [0.5, 0.6) is 0 Å². The van der Waals surface area contributed by atoms with Crippen LogP contribution in [0, 0.1) is 5.92 Å². The zero-order valence-corrected chi connectivity index (χ0v) is 13.8. The predicted molar refractivity (Wildman–Crippen MR) is 81.8 cm³/mol. The van der Waals surface area contributed by atoms with Gasteiger partial charge in [0, 0.05) is 0 Å². The number of halogens is 3. The van der Waals surface area contributed by atoms with Gasteiger partial charge in [-0.1, -0.05) is 13.8 Å². The molecular formula is C14H25F3N2O2S. The number of amides is 1. The maximum absolute atomic E-state index is 12.4. The molecule has 1 heterocycles. The molecule has 1 amide bonds. The summed E-state index contributed by atoms with van der Waals surface area (Å²) in [6.07, 6.45) is -2.77. The van der Waals surface area contributed by atoms with E-state index >= 15 is 0 Å². The van der Waals surface area contributed by atoms with Crippen molar-refractivity contribution in [3.8, 4) is 0 Å². The van der Waals surface area contributed by atoms with Crippen molar-refractivity contribution in [2.45, 2.75) is 50.9 Å².